The molecule has 2 N–H and O–H groups in total. The van der Waals surface area contributed by atoms with Gasteiger partial charge in [-0.2, -0.15) is 0 Å². The van der Waals surface area contributed by atoms with E-state index in [1.54, 1.807) is 47.0 Å². The van der Waals surface area contributed by atoms with Gasteiger partial charge >= 0.3 is 0 Å². The second-order valence-electron chi connectivity index (χ2n) is 9.82. The number of benzene rings is 2. The van der Waals surface area contributed by atoms with Gasteiger partial charge in [-0.15, -0.1) is 0 Å². The smallest absolute Gasteiger partial charge is 0.262 e. The lowest BCUT2D eigenvalue weighted by atomic mass is 10.1. The molecule has 2 fully saturated rings. The predicted octanol–water partition coefficient (Wildman–Crippen LogP) is 3.61. The standard InChI is InChI=1S/C29H34N4O6S/c1-2-37-21-10-8-20(9-11-21)31-26(34)18-40-29-32-25-15-19(27(35)30-16-22-5-3-13-38-22)7-12-24(25)28(36)33(29)17-23-6-4-14-39-23/h7-12,15,22-23H,2-6,13-14,16-18H2,1H3,(H,30,35)(H,31,34)/t22-,23-/m0/s1. The number of ether oxygens (including phenoxy) is 3. The number of nitrogens with one attached hydrogen (secondary N) is 2. The van der Waals surface area contributed by atoms with Gasteiger partial charge in [0.05, 0.1) is 42.0 Å². The Hall–Kier alpha value is -3.41. The van der Waals surface area contributed by atoms with Crippen LogP contribution in [-0.4, -0.2) is 65.7 Å². The maximum atomic E-state index is 13.6. The minimum atomic E-state index is -0.244. The summed E-state index contributed by atoms with van der Waals surface area (Å²) in [6.45, 7) is 4.66. The van der Waals surface area contributed by atoms with Crippen LogP contribution in [0, 0.1) is 0 Å². The average molecular weight is 567 g/mol. The molecule has 5 rings (SSSR count). The number of aromatic nitrogens is 2. The van der Waals surface area contributed by atoms with Crippen molar-refractivity contribution in [1.29, 1.82) is 0 Å². The lowest BCUT2D eigenvalue weighted by Crippen LogP contribution is -2.32. The number of anilines is 1. The molecule has 0 bridgehead atoms. The third-order valence-electron chi connectivity index (χ3n) is 6.89. The van der Waals surface area contributed by atoms with E-state index in [4.69, 9.17) is 19.2 Å². The Morgan fingerprint density at radius 2 is 1.82 bits per heavy atom. The summed E-state index contributed by atoms with van der Waals surface area (Å²) in [5.41, 5.74) is 1.25. The van der Waals surface area contributed by atoms with Crippen LogP contribution < -0.4 is 20.9 Å². The highest BCUT2D eigenvalue weighted by Gasteiger charge is 2.22. The quantitative estimate of drug-likeness (QED) is 0.267. The highest BCUT2D eigenvalue weighted by molar-refractivity contribution is 7.99. The molecule has 10 nitrogen and oxygen atoms in total. The number of fused-ring (bicyclic) bond motifs is 1. The van der Waals surface area contributed by atoms with Crippen molar-refractivity contribution in [3.8, 4) is 5.75 Å². The van der Waals surface area contributed by atoms with Crippen molar-refractivity contribution in [3.05, 3.63) is 58.4 Å². The van der Waals surface area contributed by atoms with Crippen molar-refractivity contribution in [1.82, 2.24) is 14.9 Å². The number of amides is 2. The Labute approximate surface area is 236 Å². The Balaban J connectivity index is 1.34. The molecule has 0 aliphatic carbocycles. The van der Waals surface area contributed by atoms with Crippen molar-refractivity contribution in [2.75, 3.05) is 37.4 Å². The fraction of sp³-hybridized carbons (Fsp3) is 0.448. The summed E-state index contributed by atoms with van der Waals surface area (Å²) >= 11 is 1.18. The molecule has 0 radical (unpaired) electrons. The van der Waals surface area contributed by atoms with E-state index in [0.29, 0.717) is 53.6 Å². The molecule has 40 heavy (non-hydrogen) atoms. The number of nitrogens with zero attached hydrogens (tertiary/aromatic N) is 2. The Morgan fingerprint density at radius 1 is 1.07 bits per heavy atom. The molecule has 0 unspecified atom stereocenters. The van der Waals surface area contributed by atoms with Crippen LogP contribution in [0.4, 0.5) is 5.69 Å². The van der Waals surface area contributed by atoms with Crippen LogP contribution in [0.5, 0.6) is 5.75 Å². The van der Waals surface area contributed by atoms with Gasteiger partial charge in [0.2, 0.25) is 5.91 Å². The third-order valence-corrected chi connectivity index (χ3v) is 7.86. The zero-order valence-electron chi connectivity index (χ0n) is 22.5. The summed E-state index contributed by atoms with van der Waals surface area (Å²) in [5.74, 6) is 0.313. The summed E-state index contributed by atoms with van der Waals surface area (Å²) in [7, 11) is 0. The molecule has 2 amide bonds. The molecule has 3 heterocycles. The molecular weight excluding hydrogens is 532 g/mol. The topological polar surface area (TPSA) is 121 Å². The van der Waals surface area contributed by atoms with Crippen molar-refractivity contribution < 1.29 is 23.8 Å². The summed E-state index contributed by atoms with van der Waals surface area (Å²) in [6, 6.07) is 12.1. The van der Waals surface area contributed by atoms with Crippen LogP contribution in [0.15, 0.2) is 52.4 Å². The van der Waals surface area contributed by atoms with Gasteiger partial charge in [0.25, 0.3) is 11.5 Å². The van der Waals surface area contributed by atoms with Gasteiger partial charge in [-0.3, -0.25) is 19.0 Å². The first-order valence-electron chi connectivity index (χ1n) is 13.7. The van der Waals surface area contributed by atoms with E-state index < -0.39 is 0 Å². The minimum Gasteiger partial charge on any atom is -0.494 e. The lowest BCUT2D eigenvalue weighted by molar-refractivity contribution is -0.113. The third kappa shape index (κ3) is 7.01. The molecule has 2 aromatic carbocycles. The number of carbonyl (C=O) groups is 2. The summed E-state index contributed by atoms with van der Waals surface area (Å²) in [6.07, 6.45) is 3.67. The molecule has 2 atom stereocenters. The van der Waals surface area contributed by atoms with Crippen molar-refractivity contribution in [2.24, 2.45) is 0 Å². The van der Waals surface area contributed by atoms with Gasteiger partial charge in [-0.25, -0.2) is 4.98 Å². The lowest BCUT2D eigenvalue weighted by Gasteiger charge is -2.17. The molecule has 0 saturated carbocycles. The van der Waals surface area contributed by atoms with Crippen LogP contribution in [0.3, 0.4) is 0 Å². The molecule has 1 aromatic heterocycles. The van der Waals surface area contributed by atoms with Crippen molar-refractivity contribution in [3.63, 3.8) is 0 Å². The molecular formula is C29H34N4O6S. The molecule has 11 heteroatoms. The van der Waals surface area contributed by atoms with Gasteiger partial charge in [0.15, 0.2) is 5.16 Å². The summed E-state index contributed by atoms with van der Waals surface area (Å²) < 4.78 is 18.4. The van der Waals surface area contributed by atoms with E-state index in [2.05, 4.69) is 10.6 Å². The maximum absolute atomic E-state index is 13.6. The zero-order chi connectivity index (χ0) is 27.9. The monoisotopic (exact) mass is 566 g/mol. The number of hydrogen-bond acceptors (Lipinski definition) is 8. The number of thioether (sulfide) groups is 1. The van der Waals surface area contributed by atoms with Gasteiger partial charge in [0.1, 0.15) is 5.75 Å². The molecule has 212 valence electrons. The van der Waals surface area contributed by atoms with Gasteiger partial charge < -0.3 is 24.8 Å². The predicted molar refractivity (Wildman–Crippen MR) is 153 cm³/mol. The van der Waals surface area contributed by atoms with Gasteiger partial charge in [-0.05, 0) is 75.1 Å². The van der Waals surface area contributed by atoms with Crippen molar-refractivity contribution in [2.45, 2.75) is 56.5 Å². The molecule has 2 saturated heterocycles. The number of rotatable bonds is 11. The van der Waals surface area contributed by atoms with Crippen LogP contribution in [0.1, 0.15) is 43.0 Å². The SMILES string of the molecule is CCOc1ccc(NC(=O)CSc2nc3cc(C(=O)NC[C@@H]4CCCO4)ccc3c(=O)n2C[C@@H]2CCCO2)cc1. The van der Waals surface area contributed by atoms with E-state index in [0.717, 1.165) is 38.0 Å². The first kappa shape index (κ1) is 28.1. The fourth-order valence-electron chi connectivity index (χ4n) is 4.85. The second-order valence-corrected chi connectivity index (χ2v) is 10.8. The van der Waals surface area contributed by atoms with Crippen molar-refractivity contribution >= 4 is 40.2 Å². The van der Waals surface area contributed by atoms with E-state index in [1.165, 1.54) is 11.8 Å². The van der Waals surface area contributed by atoms with Gasteiger partial charge in [0, 0.05) is 31.0 Å². The molecule has 3 aromatic rings. The Bertz CT molecular complexity index is 1400. The van der Waals surface area contributed by atoms with Crippen LogP contribution in [0.2, 0.25) is 0 Å². The van der Waals surface area contributed by atoms with Crippen LogP contribution in [0.25, 0.3) is 10.9 Å². The second kappa shape index (κ2) is 13.3. The molecule has 0 spiro atoms. The number of carbonyl (C=O) groups excluding carboxylic acids is 2. The summed E-state index contributed by atoms with van der Waals surface area (Å²) in [4.78, 5) is 43.9. The normalized spacial score (nSPS) is 18.6. The first-order chi connectivity index (χ1) is 19.5. The van der Waals surface area contributed by atoms with E-state index in [9.17, 15) is 14.4 Å². The highest BCUT2D eigenvalue weighted by Crippen LogP contribution is 2.23. The Kier molecular flexibility index (Phi) is 9.35. The number of hydrogen-bond donors (Lipinski definition) is 2. The van der Waals surface area contributed by atoms with Gasteiger partial charge in [-0.1, -0.05) is 11.8 Å². The minimum absolute atomic E-state index is 0.0318. The summed E-state index contributed by atoms with van der Waals surface area (Å²) in [5, 5.41) is 6.60. The molecule has 2 aliphatic rings. The van der Waals surface area contributed by atoms with Crippen LogP contribution >= 0.6 is 11.8 Å². The van der Waals surface area contributed by atoms with E-state index in [1.807, 2.05) is 6.92 Å². The Morgan fingerprint density at radius 3 is 2.52 bits per heavy atom. The average Bonchev–Trinajstić information content (AvgIpc) is 3.68. The zero-order valence-corrected chi connectivity index (χ0v) is 23.3. The van der Waals surface area contributed by atoms with E-state index >= 15 is 0 Å². The fourth-order valence-corrected chi connectivity index (χ4v) is 5.66. The maximum Gasteiger partial charge on any atom is 0.262 e. The van der Waals surface area contributed by atoms with Crippen LogP contribution in [-0.2, 0) is 20.8 Å². The van der Waals surface area contributed by atoms with E-state index in [-0.39, 0.29) is 35.3 Å². The largest absolute Gasteiger partial charge is 0.494 e. The highest BCUT2D eigenvalue weighted by atomic mass is 32.2. The first-order valence-corrected chi connectivity index (χ1v) is 14.7. The molecule has 2 aliphatic heterocycles.